The first-order chi connectivity index (χ1) is 52.8. The molecule has 0 aromatic heterocycles. The van der Waals surface area contributed by atoms with Gasteiger partial charge in [-0.25, -0.2) is 9.13 Å². The largest absolute Gasteiger partial charge is 0.472 e. The van der Waals surface area contributed by atoms with E-state index in [1.54, 1.807) is 0 Å². The third-order valence-electron chi connectivity index (χ3n) is 21.5. The van der Waals surface area contributed by atoms with Crippen molar-refractivity contribution in [2.45, 2.75) is 497 Å². The Hall–Kier alpha value is -1.94. The van der Waals surface area contributed by atoms with Gasteiger partial charge in [-0.1, -0.05) is 427 Å². The van der Waals surface area contributed by atoms with Crippen LogP contribution in [0.15, 0.2) is 0 Å². The number of esters is 4. The summed E-state index contributed by atoms with van der Waals surface area (Å²) in [5.41, 5.74) is 0. The van der Waals surface area contributed by atoms with Gasteiger partial charge < -0.3 is 33.8 Å². The fourth-order valence-electron chi connectivity index (χ4n) is 14.0. The first-order valence-corrected chi connectivity index (χ1v) is 49.4. The van der Waals surface area contributed by atoms with Crippen LogP contribution in [0.5, 0.6) is 0 Å². The van der Waals surface area contributed by atoms with Crippen LogP contribution in [0.2, 0.25) is 0 Å². The smallest absolute Gasteiger partial charge is 0.462 e. The van der Waals surface area contributed by atoms with Crippen molar-refractivity contribution in [1.82, 2.24) is 0 Å². The second kappa shape index (κ2) is 79.9. The number of unbranched alkanes of at least 4 members (excludes halogenated alkanes) is 55. The maximum absolute atomic E-state index is 13.2. The van der Waals surface area contributed by atoms with E-state index in [4.69, 9.17) is 37.0 Å². The van der Waals surface area contributed by atoms with E-state index >= 15 is 0 Å². The molecule has 0 aromatic rings. The number of phosphoric ester groups is 2. The van der Waals surface area contributed by atoms with Gasteiger partial charge in [0.1, 0.15) is 19.3 Å². The first kappa shape index (κ1) is 107. The molecule has 3 unspecified atom stereocenters. The summed E-state index contributed by atoms with van der Waals surface area (Å²) in [7, 11) is -9.93. The number of hydrogen-bond acceptors (Lipinski definition) is 15. The van der Waals surface area contributed by atoms with Gasteiger partial charge in [0.25, 0.3) is 0 Å². The van der Waals surface area contributed by atoms with Crippen LogP contribution in [0.25, 0.3) is 0 Å². The molecular formula is C90H176O17P2. The van der Waals surface area contributed by atoms with E-state index in [0.29, 0.717) is 25.7 Å². The first-order valence-electron chi connectivity index (χ1n) is 46.4. The Kier molecular flexibility index (Phi) is 78.5. The molecule has 0 aromatic carbocycles. The molecule has 0 amide bonds. The Labute approximate surface area is 670 Å². The molecule has 3 N–H and O–H groups in total. The third-order valence-corrected chi connectivity index (χ3v) is 23.4. The van der Waals surface area contributed by atoms with Crippen molar-refractivity contribution in [3.8, 4) is 0 Å². The lowest BCUT2D eigenvalue weighted by atomic mass is 10.00. The molecule has 0 aliphatic carbocycles. The highest BCUT2D eigenvalue weighted by Gasteiger charge is 2.31. The van der Waals surface area contributed by atoms with Crippen LogP contribution in [-0.4, -0.2) is 96.7 Å². The molecule has 0 radical (unpaired) electrons. The number of carbonyl (C=O) groups is 4. The van der Waals surface area contributed by atoms with Crippen molar-refractivity contribution >= 4 is 39.5 Å². The van der Waals surface area contributed by atoms with E-state index in [1.165, 1.54) is 283 Å². The molecule has 0 bridgehead atoms. The van der Waals surface area contributed by atoms with Crippen molar-refractivity contribution in [3.05, 3.63) is 0 Å². The summed E-state index contributed by atoms with van der Waals surface area (Å²) in [5, 5.41) is 10.7. The summed E-state index contributed by atoms with van der Waals surface area (Å²) in [6.45, 7) is 12.0. The minimum atomic E-state index is -4.97. The highest BCUT2D eigenvalue weighted by atomic mass is 31.2. The van der Waals surface area contributed by atoms with E-state index in [9.17, 15) is 43.2 Å². The highest BCUT2D eigenvalue weighted by molar-refractivity contribution is 7.47. The summed E-state index contributed by atoms with van der Waals surface area (Å²) < 4.78 is 69.0. The molecule has 0 spiro atoms. The lowest BCUT2D eigenvalue weighted by Crippen LogP contribution is -2.30. The molecule has 0 fully saturated rings. The van der Waals surface area contributed by atoms with Gasteiger partial charge in [0.05, 0.1) is 26.4 Å². The van der Waals surface area contributed by atoms with Crippen molar-refractivity contribution in [1.29, 1.82) is 0 Å². The number of aliphatic hydroxyl groups is 1. The van der Waals surface area contributed by atoms with Gasteiger partial charge in [-0.3, -0.25) is 37.3 Å². The maximum Gasteiger partial charge on any atom is 0.472 e. The van der Waals surface area contributed by atoms with Crippen molar-refractivity contribution < 1.29 is 80.2 Å². The van der Waals surface area contributed by atoms with Gasteiger partial charge in [0, 0.05) is 25.7 Å². The van der Waals surface area contributed by atoms with Crippen LogP contribution in [0.1, 0.15) is 479 Å². The van der Waals surface area contributed by atoms with E-state index in [-0.39, 0.29) is 25.7 Å². The fraction of sp³-hybridized carbons (Fsp3) is 0.956. The zero-order valence-electron chi connectivity index (χ0n) is 72.0. The number of phosphoric acid groups is 2. The topological polar surface area (TPSA) is 237 Å². The van der Waals surface area contributed by atoms with E-state index < -0.39 is 97.5 Å². The molecule has 0 aliphatic heterocycles. The van der Waals surface area contributed by atoms with E-state index in [0.717, 1.165) is 114 Å². The molecule has 0 saturated carbocycles. The summed E-state index contributed by atoms with van der Waals surface area (Å²) >= 11 is 0. The normalized spacial score (nSPS) is 14.1. The third kappa shape index (κ3) is 82.4. The lowest BCUT2D eigenvalue weighted by Gasteiger charge is -2.21. The second-order valence-electron chi connectivity index (χ2n) is 33.5. The summed E-state index contributed by atoms with van der Waals surface area (Å²) in [6.07, 6.45) is 72.4. The molecule has 0 saturated heterocycles. The Morgan fingerprint density at radius 3 is 0.697 bits per heavy atom. The molecule has 648 valence electrons. The molecule has 0 aliphatic rings. The zero-order chi connectivity index (χ0) is 80.0. The maximum atomic E-state index is 13.2. The number of hydrogen-bond donors (Lipinski definition) is 3. The molecular weight excluding hydrogens is 1410 g/mol. The molecule has 6 atom stereocenters. The predicted octanol–water partition coefficient (Wildman–Crippen LogP) is 27.6. The van der Waals surface area contributed by atoms with Crippen LogP contribution in [0.4, 0.5) is 0 Å². The van der Waals surface area contributed by atoms with Gasteiger partial charge in [-0.15, -0.1) is 0 Å². The Morgan fingerprint density at radius 1 is 0.266 bits per heavy atom. The number of carbonyl (C=O) groups excluding carboxylic acids is 4. The van der Waals surface area contributed by atoms with E-state index in [1.807, 2.05) is 0 Å². The van der Waals surface area contributed by atoms with Crippen LogP contribution in [0.3, 0.4) is 0 Å². The minimum Gasteiger partial charge on any atom is -0.462 e. The van der Waals surface area contributed by atoms with Crippen molar-refractivity contribution in [3.63, 3.8) is 0 Å². The summed E-state index contributed by atoms with van der Waals surface area (Å²) in [5.74, 6) is 0.252. The number of rotatable bonds is 88. The Balaban J connectivity index is 5.22. The minimum absolute atomic E-state index is 0.107. The fourth-order valence-corrected chi connectivity index (χ4v) is 15.6. The van der Waals surface area contributed by atoms with Crippen LogP contribution in [-0.2, 0) is 65.4 Å². The lowest BCUT2D eigenvalue weighted by molar-refractivity contribution is -0.161. The van der Waals surface area contributed by atoms with Gasteiger partial charge in [-0.2, -0.15) is 0 Å². The number of aliphatic hydroxyl groups excluding tert-OH is 1. The summed E-state index contributed by atoms with van der Waals surface area (Å²) in [4.78, 5) is 73.4. The quantitative estimate of drug-likeness (QED) is 0.0222. The Morgan fingerprint density at radius 2 is 0.468 bits per heavy atom. The van der Waals surface area contributed by atoms with Gasteiger partial charge in [0.2, 0.25) is 0 Å². The van der Waals surface area contributed by atoms with Crippen LogP contribution < -0.4 is 0 Å². The van der Waals surface area contributed by atoms with Crippen LogP contribution in [0, 0.1) is 17.8 Å². The zero-order valence-corrected chi connectivity index (χ0v) is 73.8. The van der Waals surface area contributed by atoms with Gasteiger partial charge in [0.15, 0.2) is 12.2 Å². The van der Waals surface area contributed by atoms with Crippen molar-refractivity contribution in [2.24, 2.45) is 17.8 Å². The summed E-state index contributed by atoms with van der Waals surface area (Å²) in [6, 6.07) is 0. The second-order valence-corrected chi connectivity index (χ2v) is 36.4. The molecule has 0 rings (SSSR count). The van der Waals surface area contributed by atoms with Crippen molar-refractivity contribution in [2.75, 3.05) is 39.6 Å². The average Bonchev–Trinajstić information content (AvgIpc) is 1.24. The Bertz CT molecular complexity index is 2100. The van der Waals surface area contributed by atoms with Gasteiger partial charge in [-0.05, 0) is 43.4 Å². The SMILES string of the molecule is CCCCCCCCCCCCCCCCCCCCCCC(=O)OC[C@H](COP(=O)(O)OC[C@@H](O)COP(=O)(O)OC[C@@H](COC(=O)CCCCCCCCC(C)CC)OC(=O)CCCCCCCCCCCCCCCCCC(C)C)OC(=O)CCCCCCCCCCCCCCCCCCCCC(C)C. The van der Waals surface area contributed by atoms with Gasteiger partial charge >= 0.3 is 39.5 Å². The molecule has 19 heteroatoms. The molecule has 0 heterocycles. The highest BCUT2D eigenvalue weighted by Crippen LogP contribution is 2.45. The van der Waals surface area contributed by atoms with Crippen LogP contribution >= 0.6 is 15.6 Å². The van der Waals surface area contributed by atoms with E-state index in [2.05, 4.69) is 48.5 Å². The monoisotopic (exact) mass is 1590 g/mol. The predicted molar refractivity (Wildman–Crippen MR) is 451 cm³/mol. The average molecular weight is 1590 g/mol. The molecule has 17 nitrogen and oxygen atoms in total. The molecule has 109 heavy (non-hydrogen) atoms. The standard InChI is InChI=1S/C90H176O17P2/c1-8-10-11-12-13-14-15-16-17-18-19-20-24-29-34-39-44-49-57-64-71-87(92)100-77-85(106-89(94)73-66-59-50-45-40-35-30-25-22-21-23-27-32-37-42-47-54-61-68-81(3)4)79-104-108(96,97)102-75-84(91)76-103-109(98,99)105-80-86(78-101-88(93)72-65-58-53-52-56-63-70-83(7)9-2)107-90(95)74-67-60-51-46-41-36-31-26-28-33-38-43-48-55-62-69-82(5)6/h81-86,91H,8-80H2,1-7H3,(H,96,97)(H,98,99)/t83?,84-,85-,86-/m1/s1. The number of ether oxygens (including phenoxy) is 4.